The van der Waals surface area contributed by atoms with Crippen LogP contribution < -0.4 is 10.1 Å². The highest BCUT2D eigenvalue weighted by Gasteiger charge is 2.37. The molecule has 10 heteroatoms. The van der Waals surface area contributed by atoms with Crippen LogP contribution in [0, 0.1) is 23.1 Å². The third kappa shape index (κ3) is 7.88. The number of hydrogen-bond donors (Lipinski definition) is 3. The maximum Gasteiger partial charge on any atom is 0.328 e. The molecule has 2 aromatic rings. The SMILES string of the molecule is N#Cc1ccc2c(c1)CN(C(CCOc1ccc(F)cc1)C1CCNCC1)C2=O.O=C(O)/C=C/C(=O)O. The van der Waals surface area contributed by atoms with E-state index in [1.807, 2.05) is 11.0 Å². The van der Waals surface area contributed by atoms with Crippen LogP contribution in [0.2, 0.25) is 0 Å². The maximum atomic E-state index is 13.1. The van der Waals surface area contributed by atoms with Gasteiger partial charge < -0.3 is 25.2 Å². The van der Waals surface area contributed by atoms with Crippen molar-refractivity contribution < 1.29 is 33.7 Å². The maximum absolute atomic E-state index is 13.1. The predicted molar refractivity (Wildman–Crippen MR) is 131 cm³/mol. The Morgan fingerprint density at radius 1 is 1.14 bits per heavy atom. The molecule has 0 saturated carbocycles. The quantitative estimate of drug-likeness (QED) is 0.461. The molecule has 0 radical (unpaired) electrons. The molecule has 1 amide bonds. The standard InChI is InChI=1S/C23H24FN3O2.C4H4O4/c24-19-2-4-20(5-3-19)29-12-9-22(17-7-10-26-11-8-17)27-15-18-13-16(14-25)1-6-21(18)23(27)28;5-3(6)1-2-4(7)8/h1-6,13,17,22,26H,7-12,15H2;1-2H,(H,5,6)(H,7,8)/b;2-1+. The molecule has 0 bridgehead atoms. The summed E-state index contributed by atoms with van der Waals surface area (Å²) in [6.07, 6.45) is 3.87. The number of aliphatic carboxylic acids is 2. The summed E-state index contributed by atoms with van der Waals surface area (Å²) in [7, 11) is 0. The lowest BCUT2D eigenvalue weighted by atomic mass is 9.87. The smallest absolute Gasteiger partial charge is 0.328 e. The molecule has 2 aromatic carbocycles. The lowest BCUT2D eigenvalue weighted by Gasteiger charge is -2.37. The number of nitriles is 1. The molecule has 2 aliphatic rings. The molecule has 37 heavy (non-hydrogen) atoms. The minimum Gasteiger partial charge on any atom is -0.494 e. The average molecular weight is 510 g/mol. The number of rotatable bonds is 8. The monoisotopic (exact) mass is 509 g/mol. The molecule has 3 N–H and O–H groups in total. The van der Waals surface area contributed by atoms with E-state index in [0.717, 1.165) is 31.5 Å². The number of amides is 1. The van der Waals surface area contributed by atoms with Crippen LogP contribution >= 0.6 is 0 Å². The van der Waals surface area contributed by atoms with E-state index in [9.17, 15) is 18.8 Å². The van der Waals surface area contributed by atoms with Gasteiger partial charge >= 0.3 is 11.9 Å². The summed E-state index contributed by atoms with van der Waals surface area (Å²) in [5, 5.41) is 28.2. The number of carboxylic acids is 2. The molecular weight excluding hydrogens is 481 g/mol. The minimum absolute atomic E-state index is 0.0369. The second kappa shape index (κ2) is 13.2. The summed E-state index contributed by atoms with van der Waals surface area (Å²) < 4.78 is 18.9. The molecule has 1 saturated heterocycles. The Kier molecular flexibility index (Phi) is 9.75. The average Bonchev–Trinajstić information content (AvgIpc) is 3.22. The van der Waals surface area contributed by atoms with Crippen LogP contribution in [0.25, 0.3) is 0 Å². The number of nitrogens with zero attached hydrogens (tertiary/aromatic N) is 2. The van der Waals surface area contributed by atoms with E-state index in [0.29, 0.717) is 54.5 Å². The molecular formula is C27H28FN3O6. The van der Waals surface area contributed by atoms with E-state index >= 15 is 0 Å². The van der Waals surface area contributed by atoms with Gasteiger partial charge in [-0.2, -0.15) is 5.26 Å². The van der Waals surface area contributed by atoms with Crippen molar-refractivity contribution in [1.29, 1.82) is 5.26 Å². The van der Waals surface area contributed by atoms with Crippen LogP contribution in [0.3, 0.4) is 0 Å². The topological polar surface area (TPSA) is 140 Å². The highest BCUT2D eigenvalue weighted by Crippen LogP contribution is 2.32. The number of ether oxygens (including phenoxy) is 1. The van der Waals surface area contributed by atoms with Gasteiger partial charge in [-0.3, -0.25) is 4.79 Å². The van der Waals surface area contributed by atoms with Crippen LogP contribution in [0.5, 0.6) is 5.75 Å². The van der Waals surface area contributed by atoms with Crippen molar-refractivity contribution in [1.82, 2.24) is 10.2 Å². The third-order valence-corrected chi connectivity index (χ3v) is 6.26. The Morgan fingerprint density at radius 2 is 1.78 bits per heavy atom. The van der Waals surface area contributed by atoms with Crippen molar-refractivity contribution >= 4 is 17.8 Å². The Bertz CT molecular complexity index is 1170. The van der Waals surface area contributed by atoms with Crippen LogP contribution in [0.4, 0.5) is 4.39 Å². The van der Waals surface area contributed by atoms with E-state index in [2.05, 4.69) is 11.4 Å². The molecule has 0 spiro atoms. The summed E-state index contributed by atoms with van der Waals surface area (Å²) in [5.41, 5.74) is 2.20. The van der Waals surface area contributed by atoms with Crippen LogP contribution in [-0.4, -0.2) is 58.7 Å². The van der Waals surface area contributed by atoms with Crippen LogP contribution in [0.1, 0.15) is 40.7 Å². The number of carbonyl (C=O) groups excluding carboxylic acids is 1. The second-order valence-electron chi connectivity index (χ2n) is 8.67. The van der Waals surface area contributed by atoms with Gasteiger partial charge in [0.2, 0.25) is 0 Å². The Hall–Kier alpha value is -4.23. The second-order valence-corrected chi connectivity index (χ2v) is 8.67. The summed E-state index contributed by atoms with van der Waals surface area (Å²) >= 11 is 0. The van der Waals surface area contributed by atoms with E-state index in [-0.39, 0.29) is 17.8 Å². The molecule has 194 valence electrons. The molecule has 0 aliphatic carbocycles. The van der Waals surface area contributed by atoms with Crippen LogP contribution in [0.15, 0.2) is 54.6 Å². The first-order chi connectivity index (χ1) is 17.8. The van der Waals surface area contributed by atoms with Gasteiger partial charge in [-0.05, 0) is 79.9 Å². The molecule has 9 nitrogen and oxygen atoms in total. The summed E-state index contributed by atoms with van der Waals surface area (Å²) in [6.45, 7) is 2.90. The fourth-order valence-electron chi connectivity index (χ4n) is 4.53. The number of fused-ring (bicyclic) bond motifs is 1. The largest absolute Gasteiger partial charge is 0.494 e. The number of carbonyl (C=O) groups is 3. The number of piperidine rings is 1. The van der Waals surface area contributed by atoms with Gasteiger partial charge in [0.1, 0.15) is 11.6 Å². The molecule has 0 aromatic heterocycles. The highest BCUT2D eigenvalue weighted by molar-refractivity contribution is 5.98. The molecule has 4 rings (SSSR count). The van der Waals surface area contributed by atoms with Gasteiger partial charge in [0.25, 0.3) is 5.91 Å². The first-order valence-electron chi connectivity index (χ1n) is 11.9. The third-order valence-electron chi connectivity index (χ3n) is 6.26. The van der Waals surface area contributed by atoms with E-state index in [1.165, 1.54) is 12.1 Å². The Labute approximate surface area is 213 Å². The first kappa shape index (κ1) is 27.4. The zero-order valence-corrected chi connectivity index (χ0v) is 20.1. The number of halogens is 1. The van der Waals surface area contributed by atoms with E-state index < -0.39 is 11.9 Å². The molecule has 1 fully saturated rings. The zero-order valence-electron chi connectivity index (χ0n) is 20.1. The van der Waals surface area contributed by atoms with E-state index in [1.54, 1.807) is 24.3 Å². The lowest BCUT2D eigenvalue weighted by molar-refractivity contribution is -0.134. The summed E-state index contributed by atoms with van der Waals surface area (Å²) in [6, 6.07) is 13.5. The van der Waals surface area contributed by atoms with Gasteiger partial charge in [-0.1, -0.05) is 0 Å². The van der Waals surface area contributed by atoms with E-state index in [4.69, 9.17) is 20.2 Å². The fraction of sp³-hybridized carbons (Fsp3) is 0.333. The van der Waals surface area contributed by atoms with Crippen molar-refractivity contribution in [2.75, 3.05) is 19.7 Å². The van der Waals surface area contributed by atoms with Crippen molar-refractivity contribution in [3.05, 3.63) is 77.1 Å². The number of nitrogens with one attached hydrogen (secondary N) is 1. The van der Waals surface area contributed by atoms with Crippen molar-refractivity contribution in [2.45, 2.75) is 31.8 Å². The van der Waals surface area contributed by atoms with Gasteiger partial charge in [0.15, 0.2) is 0 Å². The first-order valence-corrected chi connectivity index (χ1v) is 11.9. The number of carboxylic acid groups (broad SMARTS) is 2. The van der Waals surface area contributed by atoms with Crippen molar-refractivity contribution in [2.24, 2.45) is 5.92 Å². The fourth-order valence-corrected chi connectivity index (χ4v) is 4.53. The lowest BCUT2D eigenvalue weighted by Crippen LogP contribution is -2.45. The molecule has 1 atom stereocenters. The van der Waals surface area contributed by atoms with Crippen molar-refractivity contribution in [3.8, 4) is 11.8 Å². The number of benzene rings is 2. The molecule has 1 unspecified atom stereocenters. The van der Waals surface area contributed by atoms with Gasteiger partial charge in [0.05, 0.1) is 18.2 Å². The summed E-state index contributed by atoms with van der Waals surface area (Å²) in [5.74, 6) is -1.73. The summed E-state index contributed by atoms with van der Waals surface area (Å²) in [4.78, 5) is 34.2. The van der Waals surface area contributed by atoms with Gasteiger partial charge in [0, 0.05) is 36.7 Å². The minimum atomic E-state index is -1.26. The highest BCUT2D eigenvalue weighted by atomic mass is 19.1. The molecule has 2 aliphatic heterocycles. The van der Waals surface area contributed by atoms with Crippen molar-refractivity contribution in [3.63, 3.8) is 0 Å². The predicted octanol–water partition coefficient (Wildman–Crippen LogP) is 3.20. The Balaban J connectivity index is 0.000000414. The molecule has 2 heterocycles. The van der Waals surface area contributed by atoms with Gasteiger partial charge in [-0.15, -0.1) is 0 Å². The normalized spacial score (nSPS) is 15.9. The van der Waals surface area contributed by atoms with Crippen LogP contribution in [-0.2, 0) is 16.1 Å². The zero-order chi connectivity index (χ0) is 26.8. The van der Waals surface area contributed by atoms with Gasteiger partial charge in [-0.25, -0.2) is 14.0 Å². The Morgan fingerprint density at radius 3 is 2.38 bits per heavy atom. The number of hydrogen-bond acceptors (Lipinski definition) is 6.